The van der Waals surface area contributed by atoms with Crippen molar-refractivity contribution in [1.82, 2.24) is 0 Å². The molecule has 0 saturated carbocycles. The molecule has 0 atom stereocenters. The van der Waals surface area contributed by atoms with E-state index >= 15 is 0 Å². The van der Waals surface area contributed by atoms with E-state index in [9.17, 15) is 14.4 Å². The zero-order valence-corrected chi connectivity index (χ0v) is 19.3. The van der Waals surface area contributed by atoms with Gasteiger partial charge in [-0.25, -0.2) is 14.6 Å². The molecule has 4 amide bonds. The Kier molecular flexibility index (Phi) is 6.22. The Bertz CT molecular complexity index is 1220. The number of rotatable bonds is 4. The minimum Gasteiger partial charge on any atom is -0.378 e. The van der Waals surface area contributed by atoms with E-state index in [0.717, 1.165) is 15.5 Å². The van der Waals surface area contributed by atoms with Crippen molar-refractivity contribution in [2.24, 2.45) is 0 Å². The molecule has 3 aromatic carbocycles. The second-order valence-corrected chi connectivity index (χ2v) is 8.44. The molecule has 0 aromatic heterocycles. The number of carbonyl (C=O) groups excluding carboxylic acids is 3. The van der Waals surface area contributed by atoms with Crippen LogP contribution in [0.2, 0.25) is 10.0 Å². The van der Waals surface area contributed by atoms with Gasteiger partial charge in [-0.2, -0.15) is 0 Å². The number of urea groups is 1. The summed E-state index contributed by atoms with van der Waals surface area (Å²) in [4.78, 5) is 44.0. The molecule has 4 rings (SSSR count). The molecule has 0 bridgehead atoms. The molecule has 1 saturated heterocycles. The molecule has 3 aromatic rings. The van der Waals surface area contributed by atoms with E-state index in [2.05, 4.69) is 0 Å². The average molecular weight is 480 g/mol. The lowest BCUT2D eigenvalue weighted by Crippen LogP contribution is -2.57. The van der Waals surface area contributed by atoms with Crippen LogP contribution in [-0.4, -0.2) is 31.9 Å². The first kappa shape index (κ1) is 22.6. The number of halogens is 2. The van der Waals surface area contributed by atoms with Crippen LogP contribution in [0.3, 0.4) is 0 Å². The highest BCUT2D eigenvalue weighted by atomic mass is 35.5. The summed E-state index contributed by atoms with van der Waals surface area (Å²) >= 11 is 12.2. The third kappa shape index (κ3) is 4.49. The van der Waals surface area contributed by atoms with Crippen LogP contribution >= 0.6 is 23.2 Å². The molecule has 0 N–H and O–H groups in total. The van der Waals surface area contributed by atoms with Crippen LogP contribution in [0.5, 0.6) is 0 Å². The number of anilines is 3. The molecule has 0 spiro atoms. The number of imide groups is 2. The Hall–Kier alpha value is -3.61. The van der Waals surface area contributed by atoms with Crippen molar-refractivity contribution in [3.63, 3.8) is 0 Å². The van der Waals surface area contributed by atoms with Crippen molar-refractivity contribution in [1.29, 1.82) is 0 Å². The van der Waals surface area contributed by atoms with E-state index in [1.54, 1.807) is 48.5 Å². The van der Waals surface area contributed by atoms with Gasteiger partial charge in [-0.1, -0.05) is 47.5 Å². The normalized spacial score (nSPS) is 14.1. The second-order valence-electron chi connectivity index (χ2n) is 7.57. The maximum atomic E-state index is 13.4. The maximum absolute atomic E-state index is 13.4. The van der Waals surface area contributed by atoms with Gasteiger partial charge in [0.1, 0.15) is 5.57 Å². The van der Waals surface area contributed by atoms with Crippen LogP contribution in [0, 0.1) is 0 Å². The van der Waals surface area contributed by atoms with Crippen molar-refractivity contribution >= 4 is 64.2 Å². The van der Waals surface area contributed by atoms with E-state index in [4.69, 9.17) is 23.2 Å². The molecule has 1 fully saturated rings. The lowest BCUT2D eigenvalue weighted by Gasteiger charge is -2.34. The van der Waals surface area contributed by atoms with Gasteiger partial charge >= 0.3 is 6.03 Å². The molecular formula is C25H19Cl2N3O3. The fraction of sp³-hybridized carbons (Fsp3) is 0.0800. The Labute approximate surface area is 201 Å². The van der Waals surface area contributed by atoms with Crippen molar-refractivity contribution in [3.05, 3.63) is 94.0 Å². The SMILES string of the molecule is CN(C)c1ccc(C=C2C(=O)N(c3cccc(Cl)c3)C(=O)N(c3cccc(Cl)c3)C2=O)cc1. The quantitative estimate of drug-likeness (QED) is 0.358. The lowest BCUT2D eigenvalue weighted by molar-refractivity contribution is -0.121. The van der Waals surface area contributed by atoms with Crippen LogP contribution in [-0.2, 0) is 9.59 Å². The number of amides is 4. The number of carbonyl (C=O) groups is 3. The first-order chi connectivity index (χ1) is 15.8. The number of hydrogen-bond acceptors (Lipinski definition) is 4. The summed E-state index contributed by atoms with van der Waals surface area (Å²) in [5.41, 5.74) is 1.96. The zero-order chi connectivity index (χ0) is 23.7. The molecular weight excluding hydrogens is 461 g/mol. The van der Waals surface area contributed by atoms with E-state index < -0.39 is 17.8 Å². The van der Waals surface area contributed by atoms with E-state index in [1.807, 2.05) is 31.1 Å². The summed E-state index contributed by atoms with van der Waals surface area (Å²) in [5.74, 6) is -1.47. The summed E-state index contributed by atoms with van der Waals surface area (Å²) in [6.07, 6.45) is 1.48. The van der Waals surface area contributed by atoms with E-state index in [-0.39, 0.29) is 16.9 Å². The van der Waals surface area contributed by atoms with Crippen LogP contribution < -0.4 is 14.7 Å². The van der Waals surface area contributed by atoms with Gasteiger partial charge in [0.2, 0.25) is 0 Å². The van der Waals surface area contributed by atoms with Gasteiger partial charge in [0.25, 0.3) is 11.8 Å². The van der Waals surface area contributed by atoms with Gasteiger partial charge in [-0.3, -0.25) is 9.59 Å². The van der Waals surface area contributed by atoms with Gasteiger partial charge < -0.3 is 4.90 Å². The molecule has 6 nitrogen and oxygen atoms in total. The number of benzene rings is 3. The minimum absolute atomic E-state index is 0.160. The maximum Gasteiger partial charge on any atom is 0.343 e. The predicted octanol–water partition coefficient (Wildman–Crippen LogP) is 5.64. The highest BCUT2D eigenvalue weighted by molar-refractivity contribution is 6.46. The standard InChI is InChI=1S/C25H19Cl2N3O3/c1-28(2)19-11-9-16(10-12-19)13-22-23(31)29(20-7-3-5-17(26)14-20)25(33)30(24(22)32)21-8-4-6-18(27)15-21/h3-15H,1-2H3. The van der Waals surface area contributed by atoms with E-state index in [0.29, 0.717) is 15.6 Å². The summed E-state index contributed by atoms with van der Waals surface area (Å²) in [6, 6.07) is 19.2. The van der Waals surface area contributed by atoms with Crippen LogP contribution in [0.1, 0.15) is 5.56 Å². The fourth-order valence-electron chi connectivity index (χ4n) is 3.45. The fourth-order valence-corrected chi connectivity index (χ4v) is 3.82. The molecule has 0 aliphatic carbocycles. The second kappa shape index (κ2) is 9.10. The molecule has 33 heavy (non-hydrogen) atoms. The molecule has 1 aliphatic heterocycles. The Balaban J connectivity index is 1.85. The predicted molar refractivity (Wildman–Crippen MR) is 132 cm³/mol. The summed E-state index contributed by atoms with van der Waals surface area (Å²) in [5, 5.41) is 0.702. The minimum atomic E-state index is -0.811. The molecule has 0 radical (unpaired) electrons. The van der Waals surface area contributed by atoms with Gasteiger partial charge in [0.15, 0.2) is 0 Å². The van der Waals surface area contributed by atoms with Crippen LogP contribution in [0.4, 0.5) is 21.9 Å². The van der Waals surface area contributed by atoms with Gasteiger partial charge in [-0.05, 0) is 60.2 Å². The zero-order valence-electron chi connectivity index (χ0n) is 17.8. The lowest BCUT2D eigenvalue weighted by atomic mass is 10.0. The molecule has 166 valence electrons. The summed E-state index contributed by atoms with van der Waals surface area (Å²) in [7, 11) is 3.83. The highest BCUT2D eigenvalue weighted by Crippen LogP contribution is 2.32. The number of barbiturate groups is 1. The van der Waals surface area contributed by atoms with Crippen molar-refractivity contribution in [2.75, 3.05) is 28.8 Å². The Morgan fingerprint density at radius 1 is 0.727 bits per heavy atom. The molecule has 8 heteroatoms. The topological polar surface area (TPSA) is 60.9 Å². The van der Waals surface area contributed by atoms with E-state index in [1.165, 1.54) is 18.2 Å². The summed E-state index contributed by atoms with van der Waals surface area (Å²) < 4.78 is 0. The van der Waals surface area contributed by atoms with Crippen LogP contribution in [0.25, 0.3) is 6.08 Å². The van der Waals surface area contributed by atoms with Gasteiger partial charge in [0.05, 0.1) is 11.4 Å². The molecule has 1 aliphatic rings. The largest absolute Gasteiger partial charge is 0.378 e. The smallest absolute Gasteiger partial charge is 0.343 e. The monoisotopic (exact) mass is 479 g/mol. The van der Waals surface area contributed by atoms with Crippen molar-refractivity contribution in [3.8, 4) is 0 Å². The number of hydrogen-bond donors (Lipinski definition) is 0. The average Bonchev–Trinajstić information content (AvgIpc) is 2.77. The van der Waals surface area contributed by atoms with Crippen LogP contribution in [0.15, 0.2) is 78.4 Å². The third-order valence-corrected chi connectivity index (χ3v) is 5.57. The third-order valence-electron chi connectivity index (χ3n) is 5.10. The van der Waals surface area contributed by atoms with Crippen molar-refractivity contribution < 1.29 is 14.4 Å². The highest BCUT2D eigenvalue weighted by Gasteiger charge is 2.43. The molecule has 0 unspecified atom stereocenters. The first-order valence-corrected chi connectivity index (χ1v) is 10.7. The van der Waals surface area contributed by atoms with Gasteiger partial charge in [-0.15, -0.1) is 0 Å². The molecule has 1 heterocycles. The van der Waals surface area contributed by atoms with Gasteiger partial charge in [0, 0.05) is 29.8 Å². The summed E-state index contributed by atoms with van der Waals surface area (Å²) in [6.45, 7) is 0. The Morgan fingerprint density at radius 3 is 1.64 bits per heavy atom. The van der Waals surface area contributed by atoms with Crippen molar-refractivity contribution in [2.45, 2.75) is 0 Å². The number of nitrogens with zero attached hydrogens (tertiary/aromatic N) is 3. The Morgan fingerprint density at radius 2 is 1.21 bits per heavy atom. The first-order valence-electron chi connectivity index (χ1n) is 9.99.